The Kier molecular flexibility index (Phi) is 4.96. The summed E-state index contributed by atoms with van der Waals surface area (Å²) in [6.45, 7) is 13.7. The molecule has 0 saturated carbocycles. The van der Waals surface area contributed by atoms with Gasteiger partial charge in [0, 0.05) is 39.3 Å². The van der Waals surface area contributed by atoms with Crippen molar-refractivity contribution in [1.82, 2.24) is 15.1 Å². The normalized spacial score (nSPS) is 28.4. The highest BCUT2D eigenvalue weighted by Gasteiger charge is 2.46. The molecule has 122 valence electrons. The molecule has 0 aromatic carbocycles. The van der Waals surface area contributed by atoms with Crippen molar-refractivity contribution in [2.45, 2.75) is 39.7 Å². The van der Waals surface area contributed by atoms with Crippen molar-refractivity contribution in [3.63, 3.8) is 0 Å². The molecule has 0 aliphatic carbocycles. The fourth-order valence-corrected chi connectivity index (χ4v) is 3.60. The first-order valence-corrected chi connectivity index (χ1v) is 8.19. The Hall–Kier alpha value is -0.650. The molecule has 2 aliphatic rings. The molecular formula is C16H31N3O2. The van der Waals surface area contributed by atoms with E-state index in [0.717, 1.165) is 45.7 Å². The Morgan fingerprint density at radius 3 is 2.33 bits per heavy atom. The molecule has 2 saturated heterocycles. The SMILES string of the molecule is CC(C)C1(C(=O)N2CCN(CC(C)(C)O)CC2)CCNC1. The average Bonchev–Trinajstić information content (AvgIpc) is 2.87. The second kappa shape index (κ2) is 6.23. The number of rotatable bonds is 4. The number of carbonyl (C=O) groups is 1. The summed E-state index contributed by atoms with van der Waals surface area (Å²) in [5.74, 6) is 0.694. The molecule has 1 unspecified atom stereocenters. The lowest BCUT2D eigenvalue weighted by Gasteiger charge is -2.42. The topological polar surface area (TPSA) is 55.8 Å². The van der Waals surface area contributed by atoms with Crippen LogP contribution in [0.4, 0.5) is 0 Å². The lowest BCUT2D eigenvalue weighted by atomic mass is 9.75. The van der Waals surface area contributed by atoms with E-state index in [1.165, 1.54) is 0 Å². The number of nitrogens with zero attached hydrogens (tertiary/aromatic N) is 2. The third-order valence-corrected chi connectivity index (χ3v) is 4.99. The van der Waals surface area contributed by atoms with Crippen LogP contribution < -0.4 is 5.32 Å². The summed E-state index contributed by atoms with van der Waals surface area (Å²) in [5, 5.41) is 13.3. The smallest absolute Gasteiger partial charge is 0.230 e. The Labute approximate surface area is 128 Å². The Balaban J connectivity index is 1.94. The minimum absolute atomic E-state index is 0.210. The van der Waals surface area contributed by atoms with E-state index in [9.17, 15) is 9.90 Å². The van der Waals surface area contributed by atoms with Gasteiger partial charge in [-0.25, -0.2) is 0 Å². The van der Waals surface area contributed by atoms with Gasteiger partial charge in [-0.15, -0.1) is 0 Å². The molecule has 0 bridgehead atoms. The number of amides is 1. The molecule has 0 aromatic heterocycles. The molecule has 5 heteroatoms. The molecule has 21 heavy (non-hydrogen) atoms. The molecule has 2 N–H and O–H groups in total. The van der Waals surface area contributed by atoms with Crippen molar-refractivity contribution in [2.24, 2.45) is 11.3 Å². The van der Waals surface area contributed by atoms with E-state index >= 15 is 0 Å². The highest BCUT2D eigenvalue weighted by Crippen LogP contribution is 2.36. The van der Waals surface area contributed by atoms with Crippen molar-refractivity contribution in [3.05, 3.63) is 0 Å². The van der Waals surface area contributed by atoms with E-state index in [0.29, 0.717) is 18.4 Å². The summed E-state index contributed by atoms with van der Waals surface area (Å²) in [5.41, 5.74) is -0.876. The number of nitrogens with one attached hydrogen (secondary N) is 1. The summed E-state index contributed by atoms with van der Waals surface area (Å²) < 4.78 is 0. The van der Waals surface area contributed by atoms with Gasteiger partial charge in [-0.2, -0.15) is 0 Å². The number of β-amino-alcohol motifs (C(OH)–C–C–N with tert-alkyl or cyclic N) is 1. The van der Waals surface area contributed by atoms with E-state index in [4.69, 9.17) is 0 Å². The van der Waals surface area contributed by atoms with Crippen LogP contribution >= 0.6 is 0 Å². The maximum absolute atomic E-state index is 13.0. The van der Waals surface area contributed by atoms with Crippen LogP contribution in [0.2, 0.25) is 0 Å². The zero-order valence-electron chi connectivity index (χ0n) is 14.0. The Morgan fingerprint density at radius 1 is 1.29 bits per heavy atom. The molecule has 2 heterocycles. The van der Waals surface area contributed by atoms with Gasteiger partial charge in [0.1, 0.15) is 0 Å². The van der Waals surface area contributed by atoms with Gasteiger partial charge in [-0.1, -0.05) is 13.8 Å². The van der Waals surface area contributed by atoms with Crippen LogP contribution in [0.1, 0.15) is 34.1 Å². The zero-order valence-corrected chi connectivity index (χ0v) is 14.0. The van der Waals surface area contributed by atoms with E-state index in [1.807, 2.05) is 18.7 Å². The van der Waals surface area contributed by atoms with Crippen LogP contribution in [0.3, 0.4) is 0 Å². The standard InChI is InChI=1S/C16H31N3O2/c1-13(2)16(5-6-17-11-16)14(20)19-9-7-18(8-10-19)12-15(3,4)21/h13,17,21H,5-12H2,1-4H3. The molecule has 2 fully saturated rings. The van der Waals surface area contributed by atoms with Crippen molar-refractivity contribution in [3.8, 4) is 0 Å². The summed E-state index contributed by atoms with van der Waals surface area (Å²) >= 11 is 0. The second-order valence-electron chi connectivity index (χ2n) is 7.62. The van der Waals surface area contributed by atoms with E-state index < -0.39 is 5.60 Å². The molecule has 1 amide bonds. The van der Waals surface area contributed by atoms with Crippen LogP contribution in [-0.2, 0) is 4.79 Å². The molecule has 1 atom stereocenters. The number of piperazine rings is 1. The minimum atomic E-state index is -0.666. The summed E-state index contributed by atoms with van der Waals surface area (Å²) in [7, 11) is 0. The summed E-state index contributed by atoms with van der Waals surface area (Å²) in [6, 6.07) is 0. The van der Waals surface area contributed by atoms with Gasteiger partial charge >= 0.3 is 0 Å². The number of hydrogen-bond donors (Lipinski definition) is 2. The van der Waals surface area contributed by atoms with E-state index in [1.54, 1.807) is 0 Å². The fourth-order valence-electron chi connectivity index (χ4n) is 3.60. The second-order valence-corrected chi connectivity index (χ2v) is 7.62. The molecule has 2 rings (SSSR count). The molecule has 0 spiro atoms. The van der Waals surface area contributed by atoms with Gasteiger partial charge in [0.25, 0.3) is 0 Å². The van der Waals surface area contributed by atoms with Crippen molar-refractivity contribution < 1.29 is 9.90 Å². The molecule has 5 nitrogen and oxygen atoms in total. The average molecular weight is 297 g/mol. The third-order valence-electron chi connectivity index (χ3n) is 4.99. The highest BCUT2D eigenvalue weighted by molar-refractivity contribution is 5.84. The van der Waals surface area contributed by atoms with E-state index in [-0.39, 0.29) is 5.41 Å². The van der Waals surface area contributed by atoms with E-state index in [2.05, 4.69) is 24.1 Å². The first-order valence-electron chi connectivity index (χ1n) is 8.19. The van der Waals surface area contributed by atoms with Crippen molar-refractivity contribution in [2.75, 3.05) is 45.8 Å². The Bertz CT molecular complexity index is 362. The maximum Gasteiger partial charge on any atom is 0.230 e. The summed E-state index contributed by atoms with van der Waals surface area (Å²) in [6.07, 6.45) is 0.952. The van der Waals surface area contributed by atoms with Gasteiger partial charge in [0.2, 0.25) is 5.91 Å². The van der Waals surface area contributed by atoms with Gasteiger partial charge in [0.05, 0.1) is 11.0 Å². The minimum Gasteiger partial charge on any atom is -0.389 e. The zero-order chi connectivity index (χ0) is 15.7. The number of hydrogen-bond acceptors (Lipinski definition) is 4. The number of carbonyl (C=O) groups excluding carboxylic acids is 1. The van der Waals surface area contributed by atoms with Gasteiger partial charge in [-0.05, 0) is 32.7 Å². The molecule has 0 aromatic rings. The molecule has 2 aliphatic heterocycles. The van der Waals surface area contributed by atoms with Gasteiger partial charge < -0.3 is 15.3 Å². The molecular weight excluding hydrogens is 266 g/mol. The van der Waals surface area contributed by atoms with Crippen LogP contribution in [0.15, 0.2) is 0 Å². The van der Waals surface area contributed by atoms with Crippen LogP contribution in [0.5, 0.6) is 0 Å². The van der Waals surface area contributed by atoms with Gasteiger partial charge in [0.15, 0.2) is 0 Å². The molecule has 0 radical (unpaired) electrons. The predicted octanol–water partition coefficient (Wildman–Crippen LogP) is 0.537. The fraction of sp³-hybridized carbons (Fsp3) is 0.938. The third kappa shape index (κ3) is 3.76. The van der Waals surface area contributed by atoms with Crippen LogP contribution in [0.25, 0.3) is 0 Å². The van der Waals surface area contributed by atoms with Crippen LogP contribution in [-0.4, -0.2) is 72.2 Å². The summed E-state index contributed by atoms with van der Waals surface area (Å²) in [4.78, 5) is 17.3. The van der Waals surface area contributed by atoms with Crippen molar-refractivity contribution >= 4 is 5.91 Å². The maximum atomic E-state index is 13.0. The van der Waals surface area contributed by atoms with Crippen molar-refractivity contribution in [1.29, 1.82) is 0 Å². The predicted molar refractivity (Wildman–Crippen MR) is 84.1 cm³/mol. The quantitative estimate of drug-likeness (QED) is 0.795. The van der Waals surface area contributed by atoms with Crippen LogP contribution in [0, 0.1) is 11.3 Å². The largest absolute Gasteiger partial charge is 0.389 e. The lowest BCUT2D eigenvalue weighted by Crippen LogP contribution is -2.56. The van der Waals surface area contributed by atoms with Gasteiger partial charge in [-0.3, -0.25) is 9.69 Å². The lowest BCUT2D eigenvalue weighted by molar-refractivity contribution is -0.145. The Morgan fingerprint density at radius 2 is 1.90 bits per heavy atom. The monoisotopic (exact) mass is 297 g/mol. The first kappa shape index (κ1) is 16.7. The first-order chi connectivity index (χ1) is 9.74. The highest BCUT2D eigenvalue weighted by atomic mass is 16.3. The number of aliphatic hydroxyl groups is 1.